The van der Waals surface area contributed by atoms with E-state index in [1.807, 2.05) is 32.9 Å². The number of pyridine rings is 1. The second-order valence-electron chi connectivity index (χ2n) is 4.13. The summed E-state index contributed by atoms with van der Waals surface area (Å²) in [4.78, 5) is 21.1. The Kier molecular flexibility index (Phi) is 3.72. The van der Waals surface area contributed by atoms with Gasteiger partial charge in [0, 0.05) is 12.4 Å². The van der Waals surface area contributed by atoms with E-state index in [0.29, 0.717) is 4.88 Å². The van der Waals surface area contributed by atoms with E-state index >= 15 is 0 Å². The molecule has 18 heavy (non-hydrogen) atoms. The summed E-state index contributed by atoms with van der Waals surface area (Å²) in [5.41, 5.74) is 1.78. The number of aryl methyl sites for hydroxylation is 2. The number of aromatic nitrogens is 2. The van der Waals surface area contributed by atoms with Crippen LogP contribution in [0, 0.1) is 13.8 Å². The second-order valence-corrected chi connectivity index (χ2v) is 5.33. The molecule has 94 valence electrons. The molecule has 0 radical (unpaired) electrons. The van der Waals surface area contributed by atoms with Gasteiger partial charge in [0.05, 0.1) is 16.7 Å². The summed E-state index contributed by atoms with van der Waals surface area (Å²) in [6.07, 6.45) is 3.48. The number of carbonyl (C=O) groups excluding carboxylic acids is 1. The van der Waals surface area contributed by atoms with Crippen LogP contribution in [0.2, 0.25) is 0 Å². The largest absolute Gasteiger partial charge is 0.345 e. The zero-order chi connectivity index (χ0) is 13.1. The molecule has 0 spiro atoms. The molecule has 1 unspecified atom stereocenters. The van der Waals surface area contributed by atoms with Crippen LogP contribution in [-0.4, -0.2) is 15.9 Å². The minimum Gasteiger partial charge on any atom is -0.345 e. The molecule has 4 nitrogen and oxygen atoms in total. The number of amides is 1. The molecule has 0 aliphatic carbocycles. The van der Waals surface area contributed by atoms with Crippen molar-refractivity contribution < 1.29 is 4.79 Å². The first-order valence-corrected chi connectivity index (χ1v) is 6.54. The number of nitrogens with zero attached hydrogens (tertiary/aromatic N) is 2. The molecule has 0 aliphatic heterocycles. The Hall–Kier alpha value is -1.75. The van der Waals surface area contributed by atoms with Crippen molar-refractivity contribution in [1.82, 2.24) is 15.3 Å². The highest BCUT2D eigenvalue weighted by Crippen LogP contribution is 2.18. The molecular formula is C13H15N3OS. The van der Waals surface area contributed by atoms with E-state index in [-0.39, 0.29) is 11.9 Å². The Morgan fingerprint density at radius 1 is 1.44 bits per heavy atom. The van der Waals surface area contributed by atoms with E-state index in [2.05, 4.69) is 15.3 Å². The number of hydrogen-bond acceptors (Lipinski definition) is 4. The number of hydrogen-bond donors (Lipinski definition) is 1. The van der Waals surface area contributed by atoms with Gasteiger partial charge in [-0.05, 0) is 32.4 Å². The Labute approximate surface area is 110 Å². The van der Waals surface area contributed by atoms with Crippen molar-refractivity contribution in [3.63, 3.8) is 0 Å². The first-order valence-electron chi connectivity index (χ1n) is 5.72. The summed E-state index contributed by atoms with van der Waals surface area (Å²) in [6.45, 7) is 5.70. The summed E-state index contributed by atoms with van der Waals surface area (Å²) in [6, 6.07) is 3.75. The molecule has 5 heteroatoms. The van der Waals surface area contributed by atoms with Crippen LogP contribution < -0.4 is 5.32 Å². The normalized spacial score (nSPS) is 12.2. The van der Waals surface area contributed by atoms with Gasteiger partial charge in [-0.15, -0.1) is 11.3 Å². The van der Waals surface area contributed by atoms with Gasteiger partial charge in [0.1, 0.15) is 4.88 Å². The van der Waals surface area contributed by atoms with Gasteiger partial charge in [-0.25, -0.2) is 4.98 Å². The Bertz CT molecular complexity index is 551. The first kappa shape index (κ1) is 12.7. The quantitative estimate of drug-likeness (QED) is 0.924. The lowest BCUT2D eigenvalue weighted by molar-refractivity contribution is 0.0943. The van der Waals surface area contributed by atoms with Crippen molar-refractivity contribution in [2.75, 3.05) is 0 Å². The molecule has 0 fully saturated rings. The van der Waals surface area contributed by atoms with E-state index < -0.39 is 0 Å². The highest BCUT2D eigenvalue weighted by molar-refractivity contribution is 7.13. The minimum atomic E-state index is -0.0746. The molecule has 0 aromatic carbocycles. The Morgan fingerprint density at radius 3 is 2.78 bits per heavy atom. The predicted molar refractivity (Wildman–Crippen MR) is 71.7 cm³/mol. The first-order chi connectivity index (χ1) is 8.58. The number of rotatable bonds is 3. The van der Waals surface area contributed by atoms with Crippen molar-refractivity contribution in [2.24, 2.45) is 0 Å². The van der Waals surface area contributed by atoms with Gasteiger partial charge in [-0.1, -0.05) is 6.07 Å². The van der Waals surface area contributed by atoms with Crippen molar-refractivity contribution >= 4 is 17.2 Å². The van der Waals surface area contributed by atoms with Gasteiger partial charge in [0.25, 0.3) is 5.91 Å². The van der Waals surface area contributed by atoms with Crippen molar-refractivity contribution in [1.29, 1.82) is 0 Å². The molecule has 1 atom stereocenters. The number of carbonyl (C=O) groups is 1. The average molecular weight is 261 g/mol. The van der Waals surface area contributed by atoms with Crippen molar-refractivity contribution in [2.45, 2.75) is 26.8 Å². The molecule has 1 amide bonds. The third-order valence-electron chi connectivity index (χ3n) is 2.64. The monoisotopic (exact) mass is 261 g/mol. The third-order valence-corrected chi connectivity index (χ3v) is 3.71. The minimum absolute atomic E-state index is 0.0620. The topological polar surface area (TPSA) is 54.9 Å². The van der Waals surface area contributed by atoms with Gasteiger partial charge >= 0.3 is 0 Å². The maximum Gasteiger partial charge on any atom is 0.263 e. The molecule has 0 saturated heterocycles. The number of nitrogens with one attached hydrogen (secondary N) is 1. The highest BCUT2D eigenvalue weighted by Gasteiger charge is 2.16. The summed E-state index contributed by atoms with van der Waals surface area (Å²) < 4.78 is 0. The van der Waals surface area contributed by atoms with E-state index in [0.717, 1.165) is 16.3 Å². The van der Waals surface area contributed by atoms with Gasteiger partial charge in [0.2, 0.25) is 0 Å². The number of thiazole rings is 1. The van der Waals surface area contributed by atoms with Crippen LogP contribution in [0.5, 0.6) is 0 Å². The molecular weight excluding hydrogens is 246 g/mol. The highest BCUT2D eigenvalue weighted by atomic mass is 32.1. The third kappa shape index (κ3) is 2.73. The molecule has 2 heterocycles. The maximum absolute atomic E-state index is 12.1. The molecule has 0 bridgehead atoms. The van der Waals surface area contributed by atoms with Crippen LogP contribution in [0.25, 0.3) is 0 Å². The lowest BCUT2D eigenvalue weighted by Crippen LogP contribution is -2.26. The van der Waals surface area contributed by atoms with Crippen LogP contribution in [0.3, 0.4) is 0 Å². The van der Waals surface area contributed by atoms with E-state index in [1.54, 1.807) is 12.4 Å². The van der Waals surface area contributed by atoms with E-state index in [9.17, 15) is 4.79 Å². The average Bonchev–Trinajstić information content (AvgIpc) is 2.69. The maximum atomic E-state index is 12.1. The van der Waals surface area contributed by atoms with Gasteiger partial charge in [0.15, 0.2) is 0 Å². The fraction of sp³-hybridized carbons (Fsp3) is 0.308. The van der Waals surface area contributed by atoms with E-state index in [1.165, 1.54) is 11.3 Å². The van der Waals surface area contributed by atoms with Crippen LogP contribution in [0.15, 0.2) is 24.5 Å². The lowest BCUT2D eigenvalue weighted by atomic mass is 10.1. The molecule has 2 rings (SSSR count). The lowest BCUT2D eigenvalue weighted by Gasteiger charge is -2.13. The van der Waals surface area contributed by atoms with Gasteiger partial charge in [-0.3, -0.25) is 9.78 Å². The molecule has 0 saturated carbocycles. The standard InChI is InChI=1S/C13H15N3OS/c1-8(11-5-4-6-14-7-11)16-13(17)12-9(2)15-10(3)18-12/h4-8H,1-3H3,(H,16,17). The Morgan fingerprint density at radius 2 is 2.22 bits per heavy atom. The van der Waals surface area contributed by atoms with Crippen molar-refractivity contribution in [3.8, 4) is 0 Å². The zero-order valence-electron chi connectivity index (χ0n) is 10.6. The summed E-state index contributed by atoms with van der Waals surface area (Å²) in [5, 5.41) is 3.87. The van der Waals surface area contributed by atoms with Crippen molar-refractivity contribution in [3.05, 3.63) is 45.7 Å². The second kappa shape index (κ2) is 5.27. The van der Waals surface area contributed by atoms with Crippen LogP contribution in [-0.2, 0) is 0 Å². The fourth-order valence-electron chi connectivity index (χ4n) is 1.72. The zero-order valence-corrected chi connectivity index (χ0v) is 11.4. The van der Waals surface area contributed by atoms with Crippen LogP contribution >= 0.6 is 11.3 Å². The molecule has 0 aliphatic rings. The van der Waals surface area contributed by atoms with Crippen LogP contribution in [0.4, 0.5) is 0 Å². The Balaban J connectivity index is 2.10. The smallest absolute Gasteiger partial charge is 0.263 e. The fourth-order valence-corrected chi connectivity index (χ4v) is 2.54. The summed E-state index contributed by atoms with van der Waals surface area (Å²) in [5.74, 6) is -0.0746. The predicted octanol–water partition coefficient (Wildman–Crippen LogP) is 2.65. The SMILES string of the molecule is Cc1nc(C)c(C(=O)NC(C)c2cccnc2)s1. The van der Waals surface area contributed by atoms with Gasteiger partial charge < -0.3 is 5.32 Å². The van der Waals surface area contributed by atoms with Gasteiger partial charge in [-0.2, -0.15) is 0 Å². The summed E-state index contributed by atoms with van der Waals surface area (Å²) in [7, 11) is 0. The van der Waals surface area contributed by atoms with E-state index in [4.69, 9.17) is 0 Å². The molecule has 2 aromatic rings. The molecule has 2 aromatic heterocycles. The summed E-state index contributed by atoms with van der Waals surface area (Å²) >= 11 is 1.42. The molecule has 1 N–H and O–H groups in total. The van der Waals surface area contributed by atoms with Crippen LogP contribution in [0.1, 0.15) is 38.9 Å².